The number of rotatable bonds is 4. The number of likely N-dealkylation sites (tertiary alicyclic amines) is 1. The van der Waals surface area contributed by atoms with E-state index in [1.54, 1.807) is 12.1 Å². The van der Waals surface area contributed by atoms with Crippen LogP contribution in [-0.4, -0.2) is 33.6 Å². The van der Waals surface area contributed by atoms with Crippen molar-refractivity contribution < 1.29 is 14.4 Å². The van der Waals surface area contributed by atoms with E-state index in [0.717, 1.165) is 22.0 Å². The second-order valence-corrected chi connectivity index (χ2v) is 6.33. The summed E-state index contributed by atoms with van der Waals surface area (Å²) < 4.78 is 1.94. The first kappa shape index (κ1) is 16.5. The third-order valence-electron chi connectivity index (χ3n) is 4.25. The summed E-state index contributed by atoms with van der Waals surface area (Å²) in [6, 6.07) is 9.15. The number of benzene rings is 1. The highest BCUT2D eigenvalue weighted by Gasteiger charge is 2.31. The number of carbonyl (C=O) groups is 3. The Hall–Kier alpha value is -2.40. The zero-order chi connectivity index (χ0) is 17.4. The first-order valence-corrected chi connectivity index (χ1v) is 8.07. The summed E-state index contributed by atoms with van der Waals surface area (Å²) in [6.45, 7) is 3.54. The molecule has 0 unspecified atom stereocenters. The SMILES string of the molecule is Cc1cc(C(=O)CN2C(=O)CCC2=O)c(C)n1-c1cccc(Cl)c1. The highest BCUT2D eigenvalue weighted by atomic mass is 35.5. The molecule has 1 aliphatic rings. The van der Waals surface area contributed by atoms with Gasteiger partial charge >= 0.3 is 0 Å². The number of amides is 2. The molecule has 6 heteroatoms. The maximum Gasteiger partial charge on any atom is 0.230 e. The number of imide groups is 1. The average Bonchev–Trinajstić information content (AvgIpc) is 3.00. The lowest BCUT2D eigenvalue weighted by Crippen LogP contribution is -2.34. The molecule has 0 spiro atoms. The van der Waals surface area contributed by atoms with E-state index in [1.165, 1.54) is 0 Å². The van der Waals surface area contributed by atoms with Gasteiger partial charge in [0.2, 0.25) is 11.8 Å². The molecule has 124 valence electrons. The van der Waals surface area contributed by atoms with Gasteiger partial charge in [0.25, 0.3) is 0 Å². The van der Waals surface area contributed by atoms with Crippen molar-refractivity contribution in [2.45, 2.75) is 26.7 Å². The van der Waals surface area contributed by atoms with Gasteiger partial charge in [-0.25, -0.2) is 0 Å². The van der Waals surface area contributed by atoms with Crippen LogP contribution in [-0.2, 0) is 9.59 Å². The van der Waals surface area contributed by atoms with Gasteiger partial charge < -0.3 is 4.57 Å². The van der Waals surface area contributed by atoms with Crippen LogP contribution in [0.15, 0.2) is 30.3 Å². The molecule has 2 heterocycles. The van der Waals surface area contributed by atoms with Crippen LogP contribution in [0.2, 0.25) is 5.02 Å². The largest absolute Gasteiger partial charge is 0.318 e. The molecule has 1 aromatic heterocycles. The predicted octanol–water partition coefficient (Wildman–Crippen LogP) is 3.08. The third-order valence-corrected chi connectivity index (χ3v) is 4.49. The van der Waals surface area contributed by atoms with E-state index in [4.69, 9.17) is 11.6 Å². The van der Waals surface area contributed by atoms with Crippen molar-refractivity contribution in [3.63, 3.8) is 0 Å². The van der Waals surface area contributed by atoms with E-state index in [9.17, 15) is 14.4 Å². The lowest BCUT2D eigenvalue weighted by atomic mass is 10.1. The van der Waals surface area contributed by atoms with Crippen molar-refractivity contribution in [2.24, 2.45) is 0 Å². The highest BCUT2D eigenvalue weighted by molar-refractivity contribution is 6.30. The molecule has 1 aromatic carbocycles. The summed E-state index contributed by atoms with van der Waals surface area (Å²) >= 11 is 6.05. The molecule has 2 aromatic rings. The topological polar surface area (TPSA) is 59.4 Å². The summed E-state index contributed by atoms with van der Waals surface area (Å²) in [4.78, 5) is 37.0. The smallest absolute Gasteiger partial charge is 0.230 e. The molecule has 1 saturated heterocycles. The van der Waals surface area contributed by atoms with Crippen molar-refractivity contribution in [2.75, 3.05) is 6.54 Å². The Morgan fingerprint density at radius 3 is 2.42 bits per heavy atom. The number of Topliss-reactive ketones (excluding diaryl/α,β-unsaturated/α-hetero) is 1. The minimum atomic E-state index is -0.281. The lowest BCUT2D eigenvalue weighted by molar-refractivity contribution is -0.137. The third kappa shape index (κ3) is 2.87. The summed E-state index contributed by atoms with van der Waals surface area (Å²) in [7, 11) is 0. The molecule has 0 radical (unpaired) electrons. The average molecular weight is 345 g/mol. The standard InChI is InChI=1S/C18H17ClN2O3/c1-11-8-15(16(22)10-20-17(23)6-7-18(20)24)12(2)21(11)14-5-3-4-13(19)9-14/h3-5,8-9H,6-7,10H2,1-2H3. The Morgan fingerprint density at radius 1 is 1.12 bits per heavy atom. The molecule has 0 saturated carbocycles. The molecule has 0 atom stereocenters. The second kappa shape index (κ2) is 6.24. The zero-order valence-corrected chi connectivity index (χ0v) is 14.3. The molecule has 5 nitrogen and oxygen atoms in total. The molecule has 1 aliphatic heterocycles. The first-order valence-electron chi connectivity index (χ1n) is 7.69. The van der Waals surface area contributed by atoms with Crippen LogP contribution in [0, 0.1) is 13.8 Å². The van der Waals surface area contributed by atoms with E-state index < -0.39 is 0 Å². The highest BCUT2D eigenvalue weighted by Crippen LogP contribution is 2.24. The molecular weight excluding hydrogens is 328 g/mol. The Morgan fingerprint density at radius 2 is 1.79 bits per heavy atom. The fraction of sp³-hybridized carbons (Fsp3) is 0.278. The number of ketones is 1. The van der Waals surface area contributed by atoms with E-state index in [-0.39, 0.29) is 37.0 Å². The number of halogens is 1. The monoisotopic (exact) mass is 344 g/mol. The summed E-state index contributed by atoms with van der Waals surface area (Å²) in [5.74, 6) is -0.797. The van der Waals surface area contributed by atoms with Crippen molar-refractivity contribution in [3.8, 4) is 5.69 Å². The van der Waals surface area contributed by atoms with Crippen LogP contribution >= 0.6 is 11.6 Å². The van der Waals surface area contributed by atoms with E-state index in [2.05, 4.69) is 0 Å². The van der Waals surface area contributed by atoms with Gasteiger partial charge in [0.05, 0.1) is 6.54 Å². The van der Waals surface area contributed by atoms with Crippen LogP contribution in [0.25, 0.3) is 5.69 Å². The summed E-state index contributed by atoms with van der Waals surface area (Å²) in [5, 5.41) is 0.612. The number of aromatic nitrogens is 1. The minimum absolute atomic E-state index is 0.188. The van der Waals surface area contributed by atoms with Crippen molar-refractivity contribution >= 4 is 29.2 Å². The van der Waals surface area contributed by atoms with Gasteiger partial charge in [-0.1, -0.05) is 17.7 Å². The Kier molecular flexibility index (Phi) is 4.28. The number of aryl methyl sites for hydroxylation is 1. The molecule has 2 amide bonds. The molecule has 0 bridgehead atoms. The van der Waals surface area contributed by atoms with Crippen molar-refractivity contribution in [3.05, 3.63) is 52.3 Å². The molecular formula is C18H17ClN2O3. The van der Waals surface area contributed by atoms with Crippen LogP contribution in [0.5, 0.6) is 0 Å². The Bertz CT molecular complexity index is 838. The minimum Gasteiger partial charge on any atom is -0.318 e. The summed E-state index contributed by atoms with van der Waals surface area (Å²) in [5.41, 5.74) is 3.03. The van der Waals surface area contributed by atoms with E-state index >= 15 is 0 Å². The number of carbonyl (C=O) groups excluding carboxylic acids is 3. The van der Waals surface area contributed by atoms with Crippen LogP contribution in [0.4, 0.5) is 0 Å². The molecule has 1 fully saturated rings. The van der Waals surface area contributed by atoms with Gasteiger partial charge in [0, 0.05) is 40.5 Å². The second-order valence-electron chi connectivity index (χ2n) is 5.90. The van der Waals surface area contributed by atoms with Gasteiger partial charge in [-0.05, 0) is 38.1 Å². The Labute approximate surface area is 144 Å². The predicted molar refractivity (Wildman–Crippen MR) is 90.5 cm³/mol. The van der Waals surface area contributed by atoms with Crippen molar-refractivity contribution in [1.29, 1.82) is 0 Å². The first-order chi connectivity index (χ1) is 11.4. The van der Waals surface area contributed by atoms with Gasteiger partial charge in [-0.15, -0.1) is 0 Å². The van der Waals surface area contributed by atoms with Crippen molar-refractivity contribution in [1.82, 2.24) is 9.47 Å². The number of nitrogens with zero attached hydrogens (tertiary/aromatic N) is 2. The van der Waals surface area contributed by atoms with Gasteiger partial charge in [0.15, 0.2) is 5.78 Å². The van der Waals surface area contributed by atoms with E-state index in [1.807, 2.05) is 36.6 Å². The Balaban J connectivity index is 1.93. The maximum atomic E-state index is 12.6. The molecule has 24 heavy (non-hydrogen) atoms. The normalized spacial score (nSPS) is 14.5. The fourth-order valence-corrected chi connectivity index (χ4v) is 3.27. The van der Waals surface area contributed by atoms with Crippen LogP contribution in [0.3, 0.4) is 0 Å². The molecule has 3 rings (SSSR count). The van der Waals surface area contributed by atoms with Gasteiger partial charge in [0.1, 0.15) is 0 Å². The van der Waals surface area contributed by atoms with Gasteiger partial charge in [-0.2, -0.15) is 0 Å². The van der Waals surface area contributed by atoms with Crippen LogP contribution < -0.4 is 0 Å². The van der Waals surface area contributed by atoms with E-state index in [0.29, 0.717) is 10.6 Å². The molecule has 0 aliphatic carbocycles. The quantitative estimate of drug-likeness (QED) is 0.632. The maximum absolute atomic E-state index is 12.6. The zero-order valence-electron chi connectivity index (χ0n) is 13.5. The fourth-order valence-electron chi connectivity index (χ4n) is 3.09. The van der Waals surface area contributed by atoms with Crippen LogP contribution in [0.1, 0.15) is 34.6 Å². The number of hydrogen-bond donors (Lipinski definition) is 0. The molecule has 0 N–H and O–H groups in total. The lowest BCUT2D eigenvalue weighted by Gasteiger charge is -2.13. The summed E-state index contributed by atoms with van der Waals surface area (Å²) in [6.07, 6.45) is 0.376. The van der Waals surface area contributed by atoms with Gasteiger partial charge in [-0.3, -0.25) is 19.3 Å². The number of hydrogen-bond acceptors (Lipinski definition) is 3.